The summed E-state index contributed by atoms with van der Waals surface area (Å²) in [5.41, 5.74) is 1.71. The Hall–Kier alpha value is -1.68. The molecule has 1 aromatic heterocycles. The second kappa shape index (κ2) is 5.13. The fraction of sp³-hybridized carbons (Fsp3) is 0.400. The Morgan fingerprint density at radius 3 is 2.89 bits per heavy atom. The lowest BCUT2D eigenvalue weighted by molar-refractivity contribution is 0.585. The van der Waals surface area contributed by atoms with Crippen molar-refractivity contribution in [3.8, 4) is 0 Å². The lowest BCUT2D eigenvalue weighted by atomic mass is 10.1. The fourth-order valence-electron chi connectivity index (χ4n) is 2.14. The highest BCUT2D eigenvalue weighted by Gasteiger charge is 2.20. The number of hydrogen-bond donors (Lipinski definition) is 1. The number of nitrogens with one attached hydrogen (secondary N) is 1. The molecule has 1 aliphatic carbocycles. The van der Waals surface area contributed by atoms with E-state index in [0.29, 0.717) is 19.0 Å². The van der Waals surface area contributed by atoms with Gasteiger partial charge < -0.3 is 9.88 Å². The number of nitrogens with zero attached hydrogens (tertiary/aromatic N) is 2. The number of benzene rings is 1. The summed E-state index contributed by atoms with van der Waals surface area (Å²) < 4.78 is 15.9. The predicted octanol–water partition coefficient (Wildman–Crippen LogP) is 2.40. The monoisotopic (exact) mass is 259 g/mol. The Morgan fingerprint density at radius 2 is 2.26 bits per heavy atom. The van der Waals surface area contributed by atoms with Gasteiger partial charge in [-0.25, -0.2) is 9.37 Å². The highest BCUT2D eigenvalue weighted by atomic mass is 19.1. The molecule has 0 saturated heterocycles. The first kappa shape index (κ1) is 12.4. The van der Waals surface area contributed by atoms with Gasteiger partial charge in [0.25, 0.3) is 0 Å². The normalized spacial score (nSPS) is 14.8. The number of aryl methyl sites for hydroxylation is 1. The molecule has 3 rings (SSSR count). The van der Waals surface area contributed by atoms with E-state index in [2.05, 4.69) is 10.3 Å². The van der Waals surface area contributed by atoms with Crippen LogP contribution in [0.1, 0.15) is 29.8 Å². The van der Waals surface area contributed by atoms with E-state index in [4.69, 9.17) is 0 Å². The third-order valence-electron chi connectivity index (χ3n) is 3.56. The van der Waals surface area contributed by atoms with Gasteiger partial charge in [-0.2, -0.15) is 0 Å². The summed E-state index contributed by atoms with van der Waals surface area (Å²) in [4.78, 5) is 4.26. The zero-order valence-corrected chi connectivity index (χ0v) is 11.1. The number of hydrogen-bond acceptors (Lipinski definition) is 2. The van der Waals surface area contributed by atoms with Crippen LogP contribution in [-0.2, 0) is 20.0 Å². The van der Waals surface area contributed by atoms with E-state index in [9.17, 15) is 4.39 Å². The van der Waals surface area contributed by atoms with Crippen molar-refractivity contribution >= 4 is 0 Å². The van der Waals surface area contributed by atoms with Crippen LogP contribution >= 0.6 is 0 Å². The minimum absolute atomic E-state index is 0.125. The van der Waals surface area contributed by atoms with Gasteiger partial charge in [-0.3, -0.25) is 0 Å². The van der Waals surface area contributed by atoms with Gasteiger partial charge in [-0.15, -0.1) is 0 Å². The second-order valence-electron chi connectivity index (χ2n) is 5.21. The quantitative estimate of drug-likeness (QED) is 0.893. The Labute approximate surface area is 112 Å². The Kier molecular flexibility index (Phi) is 3.34. The minimum atomic E-state index is -0.125. The smallest absolute Gasteiger partial charge is 0.127 e. The highest BCUT2D eigenvalue weighted by Crippen LogP contribution is 2.20. The van der Waals surface area contributed by atoms with Gasteiger partial charge in [-0.05, 0) is 24.5 Å². The van der Waals surface area contributed by atoms with Crippen LogP contribution in [0.5, 0.6) is 0 Å². The predicted molar refractivity (Wildman–Crippen MR) is 72.3 cm³/mol. The SMILES string of the molecule is Cn1ccnc1Cc1ccc(CNC2CC2)c(F)c1. The molecule has 1 fully saturated rings. The van der Waals surface area contributed by atoms with Crippen LogP contribution in [0.2, 0.25) is 0 Å². The number of halogens is 1. The van der Waals surface area contributed by atoms with E-state index in [-0.39, 0.29) is 5.82 Å². The van der Waals surface area contributed by atoms with E-state index >= 15 is 0 Å². The number of aromatic nitrogens is 2. The van der Waals surface area contributed by atoms with Gasteiger partial charge in [0.1, 0.15) is 11.6 Å². The lowest BCUT2D eigenvalue weighted by Gasteiger charge is -2.07. The topological polar surface area (TPSA) is 29.9 Å². The van der Waals surface area contributed by atoms with Crippen LogP contribution < -0.4 is 5.32 Å². The van der Waals surface area contributed by atoms with Crippen LogP contribution in [0.15, 0.2) is 30.6 Å². The first-order valence-corrected chi connectivity index (χ1v) is 6.69. The molecule has 0 unspecified atom stereocenters. The molecule has 1 aromatic carbocycles. The Morgan fingerprint density at radius 1 is 1.42 bits per heavy atom. The van der Waals surface area contributed by atoms with Crippen LogP contribution in [0.25, 0.3) is 0 Å². The number of imidazole rings is 1. The summed E-state index contributed by atoms with van der Waals surface area (Å²) in [6, 6.07) is 6.09. The highest BCUT2D eigenvalue weighted by molar-refractivity contribution is 5.26. The lowest BCUT2D eigenvalue weighted by Crippen LogP contribution is -2.16. The molecule has 1 heterocycles. The molecule has 1 saturated carbocycles. The maximum absolute atomic E-state index is 14.0. The van der Waals surface area contributed by atoms with Gasteiger partial charge in [0.05, 0.1) is 0 Å². The second-order valence-corrected chi connectivity index (χ2v) is 5.21. The average Bonchev–Trinajstić information content (AvgIpc) is 3.13. The molecule has 4 heteroatoms. The molecular formula is C15H18FN3. The summed E-state index contributed by atoms with van der Waals surface area (Å²) in [5, 5.41) is 3.33. The van der Waals surface area contributed by atoms with Crippen LogP contribution in [0.4, 0.5) is 4.39 Å². The standard InChI is InChI=1S/C15H18FN3/c1-19-7-6-17-15(19)9-11-2-3-12(14(16)8-11)10-18-13-4-5-13/h2-3,6-8,13,18H,4-5,9-10H2,1H3. The molecule has 1 aliphatic rings. The van der Waals surface area contributed by atoms with Gasteiger partial charge in [0.2, 0.25) is 0 Å². The van der Waals surface area contributed by atoms with Crippen LogP contribution in [-0.4, -0.2) is 15.6 Å². The zero-order valence-electron chi connectivity index (χ0n) is 11.1. The summed E-state index contributed by atoms with van der Waals surface area (Å²) in [7, 11) is 1.95. The van der Waals surface area contributed by atoms with Crippen LogP contribution in [0, 0.1) is 5.82 Å². The van der Waals surface area contributed by atoms with E-state index in [0.717, 1.165) is 17.0 Å². The van der Waals surface area contributed by atoms with E-state index in [1.807, 2.05) is 29.9 Å². The molecule has 0 atom stereocenters. The molecule has 1 N–H and O–H groups in total. The number of rotatable bonds is 5. The first-order chi connectivity index (χ1) is 9.22. The van der Waals surface area contributed by atoms with E-state index < -0.39 is 0 Å². The van der Waals surface area contributed by atoms with Crippen molar-refractivity contribution < 1.29 is 4.39 Å². The minimum Gasteiger partial charge on any atom is -0.338 e. The van der Waals surface area contributed by atoms with Crippen molar-refractivity contribution in [2.24, 2.45) is 7.05 Å². The average molecular weight is 259 g/mol. The van der Waals surface area contributed by atoms with Crippen molar-refractivity contribution in [3.63, 3.8) is 0 Å². The van der Waals surface area contributed by atoms with Crippen molar-refractivity contribution in [1.29, 1.82) is 0 Å². The molecule has 0 radical (unpaired) electrons. The molecule has 0 aliphatic heterocycles. The van der Waals surface area contributed by atoms with Crippen molar-refractivity contribution in [1.82, 2.24) is 14.9 Å². The Balaban J connectivity index is 1.69. The van der Waals surface area contributed by atoms with Gasteiger partial charge >= 0.3 is 0 Å². The Bertz CT molecular complexity index is 573. The largest absolute Gasteiger partial charge is 0.338 e. The van der Waals surface area contributed by atoms with Gasteiger partial charge in [0.15, 0.2) is 0 Å². The van der Waals surface area contributed by atoms with E-state index in [1.54, 1.807) is 12.3 Å². The summed E-state index contributed by atoms with van der Waals surface area (Å²) in [6.07, 6.45) is 6.77. The van der Waals surface area contributed by atoms with Crippen molar-refractivity contribution in [3.05, 3.63) is 53.4 Å². The molecule has 0 bridgehead atoms. The summed E-state index contributed by atoms with van der Waals surface area (Å²) in [5.74, 6) is 0.822. The third kappa shape index (κ3) is 3.01. The maximum Gasteiger partial charge on any atom is 0.127 e. The molecule has 2 aromatic rings. The van der Waals surface area contributed by atoms with Crippen LogP contribution in [0.3, 0.4) is 0 Å². The van der Waals surface area contributed by atoms with Crippen molar-refractivity contribution in [2.45, 2.75) is 31.8 Å². The zero-order chi connectivity index (χ0) is 13.2. The first-order valence-electron chi connectivity index (χ1n) is 6.69. The van der Waals surface area contributed by atoms with Crippen molar-refractivity contribution in [2.75, 3.05) is 0 Å². The van der Waals surface area contributed by atoms with E-state index in [1.165, 1.54) is 12.8 Å². The summed E-state index contributed by atoms with van der Waals surface area (Å²) >= 11 is 0. The molecule has 19 heavy (non-hydrogen) atoms. The molecular weight excluding hydrogens is 241 g/mol. The molecule has 0 amide bonds. The summed E-state index contributed by atoms with van der Waals surface area (Å²) in [6.45, 7) is 0.624. The third-order valence-corrected chi connectivity index (χ3v) is 3.56. The fourth-order valence-corrected chi connectivity index (χ4v) is 2.14. The maximum atomic E-state index is 14.0. The molecule has 3 nitrogen and oxygen atoms in total. The van der Waals surface area contributed by atoms with Gasteiger partial charge in [0, 0.05) is 44.0 Å². The molecule has 100 valence electrons. The molecule has 0 spiro atoms. The van der Waals surface area contributed by atoms with Gasteiger partial charge in [-0.1, -0.05) is 12.1 Å².